The molecule has 25 heavy (non-hydrogen) atoms. The van der Waals surface area contributed by atoms with Gasteiger partial charge in [0.05, 0.1) is 12.2 Å². The summed E-state index contributed by atoms with van der Waals surface area (Å²) in [5.74, 6) is 1.06. The average Bonchev–Trinajstić information content (AvgIpc) is 3.21. The lowest BCUT2D eigenvalue weighted by Gasteiger charge is -2.17. The number of rotatable bonds is 5. The number of aryl methyl sites for hydroxylation is 2. The summed E-state index contributed by atoms with van der Waals surface area (Å²) in [7, 11) is 0. The number of ether oxygens (including phenoxy) is 1. The monoisotopic (exact) mass is 341 g/mol. The molecule has 2 aromatic heterocycles. The number of hydrogen-bond donors (Lipinski definition) is 0. The minimum atomic E-state index is -0.174. The van der Waals surface area contributed by atoms with Crippen molar-refractivity contribution in [3.63, 3.8) is 0 Å². The first kappa shape index (κ1) is 16.9. The van der Waals surface area contributed by atoms with Gasteiger partial charge >= 0.3 is 0 Å². The van der Waals surface area contributed by atoms with Gasteiger partial charge in [0.2, 0.25) is 11.6 Å². The first-order valence-electron chi connectivity index (χ1n) is 8.15. The Morgan fingerprint density at radius 2 is 2.24 bits per heavy atom. The zero-order valence-electron chi connectivity index (χ0n) is 14.2. The number of carbonyl (C=O) groups is 1. The van der Waals surface area contributed by atoms with Gasteiger partial charge < -0.3 is 14.2 Å². The summed E-state index contributed by atoms with van der Waals surface area (Å²) in [5, 5.41) is 12.9. The molecule has 8 heteroatoms. The molecule has 0 bridgehead atoms. The molecule has 1 aliphatic rings. The topological polar surface area (TPSA) is 105 Å². The number of nitriles is 1. The van der Waals surface area contributed by atoms with Gasteiger partial charge in [-0.2, -0.15) is 5.26 Å². The van der Waals surface area contributed by atoms with Gasteiger partial charge in [0.1, 0.15) is 17.9 Å². The Morgan fingerprint density at radius 3 is 2.96 bits per heavy atom. The Labute approximate surface area is 145 Å². The van der Waals surface area contributed by atoms with Crippen LogP contribution in [0.5, 0.6) is 5.88 Å². The van der Waals surface area contributed by atoms with Gasteiger partial charge in [-0.1, -0.05) is 5.16 Å². The van der Waals surface area contributed by atoms with Crippen LogP contribution in [0.4, 0.5) is 0 Å². The Kier molecular flexibility index (Phi) is 4.93. The molecule has 1 fully saturated rings. The molecule has 0 saturated carbocycles. The maximum absolute atomic E-state index is 12.4. The van der Waals surface area contributed by atoms with Crippen LogP contribution in [0.2, 0.25) is 0 Å². The van der Waals surface area contributed by atoms with E-state index in [9.17, 15) is 4.79 Å². The average molecular weight is 341 g/mol. The number of hydrogen-bond acceptors (Lipinski definition) is 7. The molecule has 8 nitrogen and oxygen atoms in total. The molecule has 1 atom stereocenters. The molecule has 1 saturated heterocycles. The number of aromatic nitrogens is 3. The van der Waals surface area contributed by atoms with E-state index in [0.29, 0.717) is 32.4 Å². The Morgan fingerprint density at radius 1 is 1.44 bits per heavy atom. The van der Waals surface area contributed by atoms with Crippen molar-refractivity contribution in [1.82, 2.24) is 20.0 Å². The predicted molar refractivity (Wildman–Crippen MR) is 86.7 cm³/mol. The van der Waals surface area contributed by atoms with Gasteiger partial charge in [-0.05, 0) is 20.3 Å². The minimum Gasteiger partial charge on any atom is -0.470 e. The van der Waals surface area contributed by atoms with Crippen molar-refractivity contribution in [2.45, 2.75) is 39.2 Å². The van der Waals surface area contributed by atoms with Gasteiger partial charge in [0.15, 0.2) is 0 Å². The van der Waals surface area contributed by atoms with Crippen LogP contribution in [0.25, 0.3) is 0 Å². The normalized spacial score (nSPS) is 16.7. The van der Waals surface area contributed by atoms with Crippen LogP contribution in [0, 0.1) is 25.2 Å². The quantitative estimate of drug-likeness (QED) is 0.812. The molecule has 1 aliphatic heterocycles. The highest BCUT2D eigenvalue weighted by atomic mass is 16.5. The highest BCUT2D eigenvalue weighted by Crippen LogP contribution is 2.20. The zero-order chi connectivity index (χ0) is 17.8. The third kappa shape index (κ3) is 3.76. The fourth-order valence-corrected chi connectivity index (χ4v) is 2.95. The molecule has 0 N–H and O–H groups in total. The van der Waals surface area contributed by atoms with Gasteiger partial charge in [-0.25, -0.2) is 9.97 Å². The second-order valence-electron chi connectivity index (χ2n) is 5.99. The minimum absolute atomic E-state index is 0.0748. The van der Waals surface area contributed by atoms with Crippen molar-refractivity contribution >= 4 is 5.91 Å². The highest BCUT2D eigenvalue weighted by molar-refractivity contribution is 5.76. The van der Waals surface area contributed by atoms with Gasteiger partial charge in [-0.15, -0.1) is 0 Å². The number of carbonyl (C=O) groups excluding carboxylic acids is 1. The molecule has 3 rings (SSSR count). The van der Waals surface area contributed by atoms with E-state index in [-0.39, 0.29) is 23.6 Å². The summed E-state index contributed by atoms with van der Waals surface area (Å²) in [6.45, 7) is 4.85. The fraction of sp³-hybridized carbons (Fsp3) is 0.471. The summed E-state index contributed by atoms with van der Waals surface area (Å²) < 4.78 is 10.9. The second kappa shape index (κ2) is 7.30. The summed E-state index contributed by atoms with van der Waals surface area (Å²) >= 11 is 0. The second-order valence-corrected chi connectivity index (χ2v) is 5.99. The first-order valence-corrected chi connectivity index (χ1v) is 8.15. The van der Waals surface area contributed by atoms with Gasteiger partial charge in [-0.3, -0.25) is 4.79 Å². The zero-order valence-corrected chi connectivity index (χ0v) is 14.2. The van der Waals surface area contributed by atoms with E-state index < -0.39 is 0 Å². The number of likely N-dealkylation sites (tertiary alicyclic amines) is 1. The molecular weight excluding hydrogens is 322 g/mol. The Bertz CT molecular complexity index is 791. The van der Waals surface area contributed by atoms with Gasteiger partial charge in [0.25, 0.3) is 5.88 Å². The van der Waals surface area contributed by atoms with Crippen molar-refractivity contribution in [3.8, 4) is 11.9 Å². The van der Waals surface area contributed by atoms with Crippen LogP contribution in [-0.4, -0.2) is 45.1 Å². The van der Waals surface area contributed by atoms with Crippen LogP contribution in [0.15, 0.2) is 16.9 Å². The largest absolute Gasteiger partial charge is 0.470 e. The molecule has 0 radical (unpaired) electrons. The van der Waals surface area contributed by atoms with Crippen molar-refractivity contribution in [2.75, 3.05) is 13.1 Å². The predicted octanol–water partition coefficient (Wildman–Crippen LogP) is 1.57. The molecule has 1 amide bonds. The van der Waals surface area contributed by atoms with Crippen molar-refractivity contribution < 1.29 is 14.1 Å². The smallest absolute Gasteiger partial charge is 0.251 e. The molecule has 130 valence electrons. The van der Waals surface area contributed by atoms with Crippen LogP contribution < -0.4 is 4.74 Å². The van der Waals surface area contributed by atoms with Crippen LogP contribution in [0.3, 0.4) is 0 Å². The van der Waals surface area contributed by atoms with Crippen LogP contribution >= 0.6 is 0 Å². The van der Waals surface area contributed by atoms with Gasteiger partial charge in [0, 0.05) is 37.3 Å². The van der Waals surface area contributed by atoms with E-state index in [4.69, 9.17) is 14.5 Å². The van der Waals surface area contributed by atoms with Crippen LogP contribution in [0.1, 0.15) is 35.6 Å². The van der Waals surface area contributed by atoms with Crippen molar-refractivity contribution in [3.05, 3.63) is 35.1 Å². The summed E-state index contributed by atoms with van der Waals surface area (Å²) in [6.07, 6.45) is 4.49. The van der Waals surface area contributed by atoms with Crippen molar-refractivity contribution in [1.29, 1.82) is 5.26 Å². The van der Waals surface area contributed by atoms with E-state index in [1.165, 1.54) is 12.4 Å². The molecule has 3 heterocycles. The van der Waals surface area contributed by atoms with Crippen LogP contribution in [-0.2, 0) is 11.2 Å². The molecule has 0 spiro atoms. The molecule has 0 aromatic carbocycles. The molecular formula is C17H19N5O3. The standard InChI is InChI=1S/C17H19N5O3/c1-11-14(12(2)25-21-11)3-4-16(23)22-8-5-13(10-22)24-17-15(9-18)19-6-7-20-17/h6-7,13H,3-5,8,10H2,1-2H3/t13-/m0/s1. The maximum atomic E-state index is 12.4. The Balaban J connectivity index is 1.54. The number of nitrogens with zero attached hydrogens (tertiary/aromatic N) is 5. The van der Waals surface area contributed by atoms with E-state index in [0.717, 1.165) is 17.0 Å². The summed E-state index contributed by atoms with van der Waals surface area (Å²) in [5.41, 5.74) is 1.99. The molecule has 2 aromatic rings. The van der Waals surface area contributed by atoms with E-state index >= 15 is 0 Å². The fourth-order valence-electron chi connectivity index (χ4n) is 2.95. The Hall–Kier alpha value is -2.95. The van der Waals surface area contributed by atoms with Crippen molar-refractivity contribution in [2.24, 2.45) is 0 Å². The third-order valence-corrected chi connectivity index (χ3v) is 4.32. The summed E-state index contributed by atoms with van der Waals surface area (Å²) in [4.78, 5) is 22.2. The van der Waals surface area contributed by atoms with E-state index in [1.807, 2.05) is 19.9 Å². The third-order valence-electron chi connectivity index (χ3n) is 4.32. The lowest BCUT2D eigenvalue weighted by molar-refractivity contribution is -0.130. The lowest BCUT2D eigenvalue weighted by Crippen LogP contribution is -2.31. The highest BCUT2D eigenvalue weighted by Gasteiger charge is 2.28. The SMILES string of the molecule is Cc1noc(C)c1CCC(=O)N1CC[C@H](Oc2nccnc2C#N)C1. The lowest BCUT2D eigenvalue weighted by atomic mass is 10.1. The summed E-state index contributed by atoms with van der Waals surface area (Å²) in [6, 6.07) is 1.96. The number of amides is 1. The first-order chi connectivity index (χ1) is 12.1. The van der Waals surface area contributed by atoms with E-state index in [1.54, 1.807) is 4.90 Å². The molecule has 0 unspecified atom stereocenters. The maximum Gasteiger partial charge on any atom is 0.251 e. The van der Waals surface area contributed by atoms with E-state index in [2.05, 4.69) is 15.1 Å². The molecule has 0 aliphatic carbocycles.